The first-order valence-corrected chi connectivity index (χ1v) is 4.66. The number of esters is 1. The molecule has 0 aliphatic carbocycles. The van der Waals surface area contributed by atoms with Crippen molar-refractivity contribution in [2.45, 2.75) is 20.0 Å². The predicted octanol–water partition coefficient (Wildman–Crippen LogP) is 1.31. The zero-order valence-electron chi connectivity index (χ0n) is 9.10. The van der Waals surface area contributed by atoms with Crippen molar-refractivity contribution in [3.63, 3.8) is 0 Å². The first-order chi connectivity index (χ1) is 7.00. The minimum atomic E-state index is -0.974. The molecule has 0 saturated carbocycles. The first kappa shape index (κ1) is 11.7. The summed E-state index contributed by atoms with van der Waals surface area (Å²) in [5, 5.41) is 10.0. The van der Waals surface area contributed by atoms with Crippen LogP contribution in [-0.2, 0) is 9.53 Å². The monoisotopic (exact) mass is 209 g/mol. The Bertz CT molecular complexity index is 335. The molecule has 4 nitrogen and oxygen atoms in total. The molecule has 4 heteroatoms. The molecule has 1 rings (SSSR count). The van der Waals surface area contributed by atoms with Gasteiger partial charge < -0.3 is 9.84 Å². The number of pyridine rings is 1. The Balaban J connectivity index is 2.94. The lowest BCUT2D eigenvalue weighted by molar-refractivity contribution is -0.157. The van der Waals surface area contributed by atoms with Gasteiger partial charge in [-0.2, -0.15) is 0 Å². The number of aliphatic hydroxyl groups is 1. The van der Waals surface area contributed by atoms with Crippen LogP contribution in [0, 0.1) is 5.41 Å². The van der Waals surface area contributed by atoms with Gasteiger partial charge in [-0.3, -0.25) is 9.78 Å². The van der Waals surface area contributed by atoms with Crippen LogP contribution in [-0.4, -0.2) is 23.2 Å². The van der Waals surface area contributed by atoms with Gasteiger partial charge in [-0.15, -0.1) is 0 Å². The van der Waals surface area contributed by atoms with Gasteiger partial charge in [-0.25, -0.2) is 0 Å². The molecule has 0 aliphatic rings. The highest BCUT2D eigenvalue weighted by Crippen LogP contribution is 2.33. The van der Waals surface area contributed by atoms with Crippen LogP contribution in [0.4, 0.5) is 0 Å². The smallest absolute Gasteiger partial charge is 0.314 e. The molecule has 0 saturated heterocycles. The molecule has 0 spiro atoms. The average molecular weight is 209 g/mol. The fourth-order valence-electron chi connectivity index (χ4n) is 1.33. The van der Waals surface area contributed by atoms with Crippen molar-refractivity contribution < 1.29 is 14.6 Å². The third-order valence-electron chi connectivity index (χ3n) is 2.40. The summed E-state index contributed by atoms with van der Waals surface area (Å²) in [6.07, 6.45) is 2.23. The molecular weight excluding hydrogens is 194 g/mol. The third-order valence-corrected chi connectivity index (χ3v) is 2.40. The molecule has 0 aliphatic heterocycles. The Kier molecular flexibility index (Phi) is 3.42. The third kappa shape index (κ3) is 2.33. The maximum atomic E-state index is 11.4. The second-order valence-corrected chi connectivity index (χ2v) is 3.90. The largest absolute Gasteiger partial charge is 0.469 e. The Hall–Kier alpha value is -1.42. The summed E-state index contributed by atoms with van der Waals surface area (Å²) in [5.41, 5.74) is -0.370. The van der Waals surface area contributed by atoms with Crippen molar-refractivity contribution in [1.29, 1.82) is 0 Å². The Labute approximate surface area is 88.9 Å². The topological polar surface area (TPSA) is 59.4 Å². The van der Waals surface area contributed by atoms with Crippen LogP contribution in [0.1, 0.15) is 25.5 Å². The number of aromatic nitrogens is 1. The van der Waals surface area contributed by atoms with E-state index in [1.807, 2.05) is 0 Å². The summed E-state index contributed by atoms with van der Waals surface area (Å²) in [7, 11) is 1.31. The van der Waals surface area contributed by atoms with E-state index in [1.165, 1.54) is 13.3 Å². The first-order valence-electron chi connectivity index (χ1n) is 4.66. The second kappa shape index (κ2) is 4.40. The summed E-state index contributed by atoms with van der Waals surface area (Å²) >= 11 is 0. The van der Waals surface area contributed by atoms with Gasteiger partial charge >= 0.3 is 5.97 Å². The van der Waals surface area contributed by atoms with E-state index in [-0.39, 0.29) is 0 Å². The molecular formula is C11H15NO3. The van der Waals surface area contributed by atoms with Gasteiger partial charge in [0.2, 0.25) is 0 Å². The van der Waals surface area contributed by atoms with Crippen molar-refractivity contribution in [3.05, 3.63) is 30.1 Å². The van der Waals surface area contributed by atoms with Crippen LogP contribution in [0.2, 0.25) is 0 Å². The summed E-state index contributed by atoms with van der Waals surface area (Å²) in [4.78, 5) is 15.3. The van der Waals surface area contributed by atoms with Crippen molar-refractivity contribution in [2.75, 3.05) is 7.11 Å². The van der Waals surface area contributed by atoms with Crippen molar-refractivity contribution >= 4 is 5.97 Å². The van der Waals surface area contributed by atoms with Crippen LogP contribution in [0.5, 0.6) is 0 Å². The number of hydrogen-bond acceptors (Lipinski definition) is 4. The highest BCUT2D eigenvalue weighted by molar-refractivity contribution is 5.76. The molecule has 1 aromatic heterocycles. The van der Waals surface area contributed by atoms with E-state index in [4.69, 9.17) is 0 Å². The van der Waals surface area contributed by atoms with Gasteiger partial charge in [0.05, 0.1) is 18.6 Å². The van der Waals surface area contributed by atoms with E-state index >= 15 is 0 Å². The molecule has 15 heavy (non-hydrogen) atoms. The number of nitrogens with zero attached hydrogens (tertiary/aromatic N) is 1. The molecule has 1 aromatic rings. The number of carbonyl (C=O) groups excluding carboxylic acids is 1. The van der Waals surface area contributed by atoms with Crippen LogP contribution in [0.15, 0.2) is 24.5 Å². The van der Waals surface area contributed by atoms with Crippen LogP contribution >= 0.6 is 0 Å². The van der Waals surface area contributed by atoms with Gasteiger partial charge in [-0.1, -0.05) is 6.07 Å². The number of carbonyl (C=O) groups is 1. The van der Waals surface area contributed by atoms with Crippen LogP contribution in [0.3, 0.4) is 0 Å². The SMILES string of the molecule is COC(=O)C(C)(C)C(O)c1cccnc1. The van der Waals surface area contributed by atoms with Gasteiger partial charge in [0.15, 0.2) is 0 Å². The minimum absolute atomic E-state index is 0.446. The van der Waals surface area contributed by atoms with E-state index in [2.05, 4.69) is 9.72 Å². The van der Waals surface area contributed by atoms with Gasteiger partial charge in [0.1, 0.15) is 0 Å². The Morgan fingerprint density at radius 1 is 1.60 bits per heavy atom. The fourth-order valence-corrected chi connectivity index (χ4v) is 1.33. The number of ether oxygens (including phenoxy) is 1. The van der Waals surface area contributed by atoms with E-state index in [9.17, 15) is 9.90 Å². The lowest BCUT2D eigenvalue weighted by Gasteiger charge is -2.27. The summed E-state index contributed by atoms with van der Waals surface area (Å²) in [5.74, 6) is -0.446. The van der Waals surface area contributed by atoms with Crippen LogP contribution in [0.25, 0.3) is 0 Å². The molecule has 0 bridgehead atoms. The Morgan fingerprint density at radius 3 is 2.73 bits per heavy atom. The van der Waals surface area contributed by atoms with E-state index in [0.29, 0.717) is 5.56 Å². The number of methoxy groups -OCH3 is 1. The quantitative estimate of drug-likeness (QED) is 0.762. The second-order valence-electron chi connectivity index (χ2n) is 3.90. The normalized spacial score (nSPS) is 13.3. The Morgan fingerprint density at radius 2 is 2.27 bits per heavy atom. The van der Waals surface area contributed by atoms with Gasteiger partial charge in [-0.05, 0) is 25.5 Å². The number of rotatable bonds is 3. The number of hydrogen-bond donors (Lipinski definition) is 1. The highest BCUT2D eigenvalue weighted by Gasteiger charge is 2.37. The minimum Gasteiger partial charge on any atom is -0.469 e. The van der Waals surface area contributed by atoms with Crippen LogP contribution < -0.4 is 0 Å². The zero-order chi connectivity index (χ0) is 11.5. The molecule has 0 aromatic carbocycles. The maximum Gasteiger partial charge on any atom is 0.314 e. The standard InChI is InChI=1S/C11H15NO3/c1-11(2,10(14)15-3)9(13)8-5-4-6-12-7-8/h4-7,9,13H,1-3H3. The zero-order valence-corrected chi connectivity index (χ0v) is 9.10. The molecule has 1 unspecified atom stereocenters. The van der Waals surface area contributed by atoms with E-state index in [0.717, 1.165) is 0 Å². The van der Waals surface area contributed by atoms with Crippen molar-refractivity contribution in [3.8, 4) is 0 Å². The summed E-state index contributed by atoms with van der Waals surface area (Å²) in [6.45, 7) is 3.27. The maximum absolute atomic E-state index is 11.4. The molecule has 0 fully saturated rings. The predicted molar refractivity (Wildman–Crippen MR) is 55.0 cm³/mol. The molecule has 0 amide bonds. The highest BCUT2D eigenvalue weighted by atomic mass is 16.5. The van der Waals surface area contributed by atoms with Gasteiger partial charge in [0, 0.05) is 12.4 Å². The van der Waals surface area contributed by atoms with Crippen molar-refractivity contribution in [1.82, 2.24) is 4.98 Å². The van der Waals surface area contributed by atoms with Crippen molar-refractivity contribution in [2.24, 2.45) is 5.41 Å². The average Bonchev–Trinajstić information content (AvgIpc) is 2.28. The lowest BCUT2D eigenvalue weighted by atomic mass is 9.83. The molecule has 0 radical (unpaired) electrons. The van der Waals surface area contributed by atoms with E-state index < -0.39 is 17.5 Å². The molecule has 82 valence electrons. The van der Waals surface area contributed by atoms with E-state index in [1.54, 1.807) is 32.2 Å². The van der Waals surface area contributed by atoms with Gasteiger partial charge in [0.25, 0.3) is 0 Å². The summed E-state index contributed by atoms with van der Waals surface area (Å²) in [6, 6.07) is 3.44. The number of aliphatic hydroxyl groups excluding tert-OH is 1. The molecule has 1 heterocycles. The molecule has 1 N–H and O–H groups in total. The summed E-state index contributed by atoms with van der Waals surface area (Å²) < 4.78 is 4.64. The lowest BCUT2D eigenvalue weighted by Crippen LogP contribution is -2.32. The fraction of sp³-hybridized carbons (Fsp3) is 0.455. The molecule has 1 atom stereocenters.